The van der Waals surface area contributed by atoms with Crippen LogP contribution in [0.1, 0.15) is 38.5 Å². The van der Waals surface area contributed by atoms with Gasteiger partial charge in [-0.2, -0.15) is 0 Å². The molecule has 1 saturated carbocycles. The fourth-order valence-corrected chi connectivity index (χ4v) is 4.78. The molecule has 1 aliphatic carbocycles. The average Bonchev–Trinajstić information content (AvgIpc) is 3.21. The summed E-state index contributed by atoms with van der Waals surface area (Å²) in [6.45, 7) is 0.946. The number of primary amides is 1. The molecule has 2 heterocycles. The van der Waals surface area contributed by atoms with Crippen molar-refractivity contribution in [1.82, 2.24) is 14.5 Å². The van der Waals surface area contributed by atoms with Crippen molar-refractivity contribution in [2.75, 3.05) is 6.54 Å². The van der Waals surface area contributed by atoms with E-state index in [0.717, 1.165) is 19.3 Å². The zero-order valence-electron chi connectivity index (χ0n) is 16.3. The van der Waals surface area contributed by atoms with Gasteiger partial charge in [0.15, 0.2) is 0 Å². The number of fused-ring (bicyclic) bond motifs is 1. The van der Waals surface area contributed by atoms with Gasteiger partial charge in [-0.15, -0.1) is 0 Å². The van der Waals surface area contributed by atoms with Gasteiger partial charge < -0.3 is 15.6 Å². The summed E-state index contributed by atoms with van der Waals surface area (Å²) in [5.74, 6) is -0.354. The van der Waals surface area contributed by atoms with E-state index in [0.29, 0.717) is 43.3 Å². The number of para-hydroxylation sites is 1. The zero-order valence-corrected chi connectivity index (χ0v) is 16.3. The van der Waals surface area contributed by atoms with Crippen LogP contribution in [0, 0.1) is 11.8 Å². The quantitative estimate of drug-likeness (QED) is 0.798. The standard InChI is InChI=1S/C21H26N4O4/c22-18(26)17-6-3-11-24(17)19(27)14-9-7-13(8-10-14)12-25-20(28)15-4-1-2-5-16(15)23-21(25)29/h1-2,4-5,13-14,17H,3,6-12H2,(H2,22,26)(H,23,29). The lowest BCUT2D eigenvalue weighted by Gasteiger charge is -2.32. The zero-order chi connectivity index (χ0) is 20.5. The highest BCUT2D eigenvalue weighted by atomic mass is 16.2. The lowest BCUT2D eigenvalue weighted by Crippen LogP contribution is -2.46. The molecule has 29 heavy (non-hydrogen) atoms. The topological polar surface area (TPSA) is 118 Å². The number of aromatic amines is 1. The Morgan fingerprint density at radius 3 is 2.52 bits per heavy atom. The Bertz CT molecular complexity index is 1050. The molecule has 2 fully saturated rings. The number of likely N-dealkylation sites (tertiary alicyclic amines) is 1. The third-order valence-corrected chi connectivity index (χ3v) is 6.39. The number of aromatic nitrogens is 2. The predicted octanol–water partition coefficient (Wildman–Crippen LogP) is 0.972. The molecule has 8 heteroatoms. The molecule has 1 aromatic carbocycles. The molecule has 0 radical (unpaired) electrons. The fraction of sp³-hybridized carbons (Fsp3) is 0.524. The van der Waals surface area contributed by atoms with E-state index in [9.17, 15) is 19.2 Å². The summed E-state index contributed by atoms with van der Waals surface area (Å²) in [4.78, 5) is 53.9. The normalized spacial score (nSPS) is 24.7. The second kappa shape index (κ2) is 7.85. The number of nitrogens with one attached hydrogen (secondary N) is 1. The number of H-pyrrole nitrogens is 1. The molecule has 4 rings (SSSR count). The highest BCUT2D eigenvalue weighted by Crippen LogP contribution is 2.32. The molecule has 154 valence electrons. The van der Waals surface area contributed by atoms with Gasteiger partial charge >= 0.3 is 5.69 Å². The van der Waals surface area contributed by atoms with Crippen LogP contribution in [0.2, 0.25) is 0 Å². The molecular weight excluding hydrogens is 372 g/mol. The molecule has 1 unspecified atom stereocenters. The molecule has 8 nitrogen and oxygen atoms in total. The Balaban J connectivity index is 1.43. The van der Waals surface area contributed by atoms with Crippen LogP contribution in [-0.4, -0.2) is 38.9 Å². The van der Waals surface area contributed by atoms with E-state index < -0.39 is 17.6 Å². The van der Waals surface area contributed by atoms with E-state index in [2.05, 4.69) is 4.98 Å². The Morgan fingerprint density at radius 2 is 1.79 bits per heavy atom. The van der Waals surface area contributed by atoms with Crippen LogP contribution in [-0.2, 0) is 16.1 Å². The minimum absolute atomic E-state index is 0.0190. The highest BCUT2D eigenvalue weighted by Gasteiger charge is 2.37. The summed E-state index contributed by atoms with van der Waals surface area (Å²) in [6, 6.07) is 6.52. The predicted molar refractivity (Wildman–Crippen MR) is 108 cm³/mol. The van der Waals surface area contributed by atoms with Crippen molar-refractivity contribution in [3.8, 4) is 0 Å². The Hall–Kier alpha value is -2.90. The van der Waals surface area contributed by atoms with Crippen molar-refractivity contribution in [2.45, 2.75) is 51.1 Å². The van der Waals surface area contributed by atoms with E-state index in [1.807, 2.05) is 0 Å². The van der Waals surface area contributed by atoms with Crippen molar-refractivity contribution in [2.24, 2.45) is 17.6 Å². The number of hydrogen-bond donors (Lipinski definition) is 2. The molecule has 2 amide bonds. The van der Waals surface area contributed by atoms with Crippen LogP contribution >= 0.6 is 0 Å². The lowest BCUT2D eigenvalue weighted by atomic mass is 9.81. The monoisotopic (exact) mass is 398 g/mol. The summed E-state index contributed by atoms with van der Waals surface area (Å²) in [5.41, 5.74) is 5.31. The summed E-state index contributed by atoms with van der Waals surface area (Å²) >= 11 is 0. The number of rotatable bonds is 4. The van der Waals surface area contributed by atoms with Crippen LogP contribution in [0.3, 0.4) is 0 Å². The van der Waals surface area contributed by atoms with Crippen molar-refractivity contribution in [3.63, 3.8) is 0 Å². The molecule has 2 aliphatic rings. The number of amides is 2. The van der Waals surface area contributed by atoms with Gasteiger partial charge in [0, 0.05) is 19.0 Å². The average molecular weight is 398 g/mol. The maximum atomic E-state index is 12.8. The maximum Gasteiger partial charge on any atom is 0.328 e. The molecular formula is C21H26N4O4. The van der Waals surface area contributed by atoms with Gasteiger partial charge in [0.2, 0.25) is 11.8 Å². The van der Waals surface area contributed by atoms with E-state index in [1.165, 1.54) is 4.57 Å². The first kappa shape index (κ1) is 19.4. The van der Waals surface area contributed by atoms with Gasteiger partial charge in [0.1, 0.15) is 6.04 Å². The van der Waals surface area contributed by atoms with E-state index in [1.54, 1.807) is 29.2 Å². The van der Waals surface area contributed by atoms with Crippen molar-refractivity contribution in [3.05, 3.63) is 45.1 Å². The molecule has 0 spiro atoms. The molecule has 1 aliphatic heterocycles. The SMILES string of the molecule is NC(=O)C1CCCN1C(=O)C1CCC(Cn2c(=O)[nH]c3ccccc3c2=O)CC1. The van der Waals surface area contributed by atoms with Crippen LogP contribution in [0.5, 0.6) is 0 Å². The van der Waals surface area contributed by atoms with Gasteiger partial charge in [-0.05, 0) is 56.6 Å². The molecule has 1 atom stereocenters. The largest absolute Gasteiger partial charge is 0.368 e. The molecule has 1 saturated heterocycles. The fourth-order valence-electron chi connectivity index (χ4n) is 4.78. The van der Waals surface area contributed by atoms with Crippen molar-refractivity contribution < 1.29 is 9.59 Å². The minimum atomic E-state index is -0.477. The molecule has 3 N–H and O–H groups in total. The Morgan fingerprint density at radius 1 is 1.07 bits per heavy atom. The van der Waals surface area contributed by atoms with E-state index in [-0.39, 0.29) is 23.3 Å². The van der Waals surface area contributed by atoms with Gasteiger partial charge in [-0.1, -0.05) is 12.1 Å². The van der Waals surface area contributed by atoms with Crippen molar-refractivity contribution in [1.29, 1.82) is 0 Å². The second-order valence-electron chi connectivity index (χ2n) is 8.20. The molecule has 0 bridgehead atoms. The third-order valence-electron chi connectivity index (χ3n) is 6.39. The number of nitrogens with two attached hydrogens (primary N) is 1. The minimum Gasteiger partial charge on any atom is -0.368 e. The van der Waals surface area contributed by atoms with Crippen LogP contribution in [0.15, 0.2) is 33.9 Å². The second-order valence-corrected chi connectivity index (χ2v) is 8.20. The number of hydrogen-bond acceptors (Lipinski definition) is 4. The van der Waals surface area contributed by atoms with Crippen LogP contribution < -0.4 is 17.0 Å². The number of nitrogens with zero attached hydrogens (tertiary/aromatic N) is 2. The summed E-state index contributed by atoms with van der Waals surface area (Å²) in [6.07, 6.45) is 4.39. The summed E-state index contributed by atoms with van der Waals surface area (Å²) in [5, 5.41) is 0.502. The number of carbonyl (C=O) groups excluding carboxylic acids is 2. The molecule has 2 aromatic rings. The van der Waals surface area contributed by atoms with Gasteiger partial charge in [-0.25, -0.2) is 4.79 Å². The first-order chi connectivity index (χ1) is 14.0. The number of benzene rings is 1. The van der Waals surface area contributed by atoms with E-state index >= 15 is 0 Å². The van der Waals surface area contributed by atoms with E-state index in [4.69, 9.17) is 5.73 Å². The third kappa shape index (κ3) is 3.71. The molecule has 1 aromatic heterocycles. The first-order valence-corrected chi connectivity index (χ1v) is 10.3. The summed E-state index contributed by atoms with van der Waals surface area (Å²) in [7, 11) is 0. The van der Waals surface area contributed by atoms with Crippen molar-refractivity contribution >= 4 is 22.7 Å². The van der Waals surface area contributed by atoms with Gasteiger partial charge in [0.05, 0.1) is 10.9 Å². The Kier molecular flexibility index (Phi) is 5.25. The number of carbonyl (C=O) groups is 2. The first-order valence-electron chi connectivity index (χ1n) is 10.3. The summed E-state index contributed by atoms with van der Waals surface area (Å²) < 4.78 is 1.28. The lowest BCUT2D eigenvalue weighted by molar-refractivity contribution is -0.141. The van der Waals surface area contributed by atoms with Gasteiger partial charge in [0.25, 0.3) is 5.56 Å². The highest BCUT2D eigenvalue weighted by molar-refractivity contribution is 5.88. The van der Waals surface area contributed by atoms with Crippen LogP contribution in [0.25, 0.3) is 10.9 Å². The maximum absolute atomic E-state index is 12.8. The smallest absolute Gasteiger partial charge is 0.328 e. The van der Waals surface area contributed by atoms with Crippen LogP contribution in [0.4, 0.5) is 0 Å². The van der Waals surface area contributed by atoms with Gasteiger partial charge in [-0.3, -0.25) is 19.0 Å². The Labute approximate surface area is 167 Å².